The van der Waals surface area contributed by atoms with Gasteiger partial charge in [-0.25, -0.2) is 13.2 Å². The normalized spacial score (nSPS) is 24.0. The molecule has 2 fully saturated rings. The van der Waals surface area contributed by atoms with Crippen LogP contribution >= 0.6 is 0 Å². The Morgan fingerprint density at radius 3 is 2.69 bits per heavy atom. The molecule has 2 aliphatic rings. The predicted octanol–water partition coefficient (Wildman–Crippen LogP) is 1.04. The van der Waals surface area contributed by atoms with Gasteiger partial charge in [0.1, 0.15) is 5.60 Å². The second-order valence-corrected chi connectivity index (χ2v) is 8.85. The Morgan fingerprint density at radius 2 is 2.04 bits per heavy atom. The number of nitrogens with one attached hydrogen (secondary N) is 1. The van der Waals surface area contributed by atoms with Crippen LogP contribution in [-0.4, -0.2) is 69.0 Å². The van der Waals surface area contributed by atoms with Crippen molar-refractivity contribution in [2.45, 2.75) is 29.8 Å². The first-order valence-electron chi connectivity index (χ1n) is 8.52. The Balaban J connectivity index is 1.81. The summed E-state index contributed by atoms with van der Waals surface area (Å²) in [5.41, 5.74) is -0.291. The monoisotopic (exact) mass is 381 g/mol. The second kappa shape index (κ2) is 6.88. The molecule has 2 heterocycles. The summed E-state index contributed by atoms with van der Waals surface area (Å²) in [5, 5.41) is 2.65. The van der Waals surface area contributed by atoms with Crippen molar-refractivity contribution in [1.29, 1.82) is 0 Å². The third-order valence-corrected chi connectivity index (χ3v) is 6.74. The molecule has 1 atom stereocenters. The minimum absolute atomic E-state index is 0.0997. The number of nitrogens with zero attached hydrogens (tertiary/aromatic N) is 2. The lowest BCUT2D eigenvalue weighted by molar-refractivity contribution is 0.0460. The molecule has 1 aromatic carbocycles. The molecule has 0 radical (unpaired) electrons. The molecule has 2 saturated heterocycles. The van der Waals surface area contributed by atoms with Gasteiger partial charge < -0.3 is 15.0 Å². The van der Waals surface area contributed by atoms with Crippen molar-refractivity contribution in [3.05, 3.63) is 29.8 Å². The molecule has 0 aromatic heterocycles. The Labute approximate surface area is 153 Å². The van der Waals surface area contributed by atoms with Crippen molar-refractivity contribution in [2.24, 2.45) is 0 Å². The van der Waals surface area contributed by atoms with Gasteiger partial charge in [0.25, 0.3) is 5.91 Å². The van der Waals surface area contributed by atoms with E-state index in [1.54, 1.807) is 26.2 Å². The van der Waals surface area contributed by atoms with Gasteiger partial charge in [-0.2, -0.15) is 4.31 Å². The highest BCUT2D eigenvalue weighted by Gasteiger charge is 2.43. The minimum atomic E-state index is -3.73. The zero-order chi connectivity index (χ0) is 18.9. The van der Waals surface area contributed by atoms with Gasteiger partial charge in [0.05, 0.1) is 11.4 Å². The second-order valence-electron chi connectivity index (χ2n) is 6.91. The van der Waals surface area contributed by atoms with E-state index in [1.165, 1.54) is 21.3 Å². The highest BCUT2D eigenvalue weighted by Crippen LogP contribution is 2.31. The van der Waals surface area contributed by atoms with Gasteiger partial charge in [0.2, 0.25) is 10.0 Å². The van der Waals surface area contributed by atoms with Gasteiger partial charge in [-0.05, 0) is 31.0 Å². The molecular formula is C17H23N3O5S. The fourth-order valence-electron chi connectivity index (χ4n) is 3.36. The summed E-state index contributed by atoms with van der Waals surface area (Å²) < 4.78 is 32.9. The van der Waals surface area contributed by atoms with Crippen molar-refractivity contribution in [2.75, 3.05) is 33.7 Å². The molecule has 142 valence electrons. The van der Waals surface area contributed by atoms with Crippen LogP contribution in [0.15, 0.2) is 29.2 Å². The van der Waals surface area contributed by atoms with Crippen molar-refractivity contribution < 1.29 is 22.7 Å². The highest BCUT2D eigenvalue weighted by molar-refractivity contribution is 7.89. The SMILES string of the molecule is CN(C)C(=O)c1cccc(S(=O)(=O)N2CCC[C@@]3(CC2)CNC(=O)O3)c1. The van der Waals surface area contributed by atoms with E-state index in [4.69, 9.17) is 4.74 Å². The lowest BCUT2D eigenvalue weighted by atomic mass is 9.95. The maximum Gasteiger partial charge on any atom is 0.407 e. The zero-order valence-corrected chi connectivity index (χ0v) is 15.7. The van der Waals surface area contributed by atoms with Crippen LogP contribution in [-0.2, 0) is 14.8 Å². The number of carbonyl (C=O) groups excluding carboxylic acids is 2. The summed E-state index contributed by atoms with van der Waals surface area (Å²) in [7, 11) is -0.486. The standard InChI is InChI=1S/C17H23N3O5S/c1-19(2)15(21)13-5-3-6-14(11-13)26(23,24)20-9-4-7-17(8-10-20)12-18-16(22)25-17/h3,5-6,11H,4,7-10,12H2,1-2H3,(H,18,22)/t17-/m1/s1. The maximum absolute atomic E-state index is 13.0. The average molecular weight is 381 g/mol. The van der Waals surface area contributed by atoms with Crippen LogP contribution in [0.1, 0.15) is 29.6 Å². The van der Waals surface area contributed by atoms with Gasteiger partial charge in [-0.15, -0.1) is 0 Å². The van der Waals surface area contributed by atoms with Crippen LogP contribution in [0.2, 0.25) is 0 Å². The molecule has 26 heavy (non-hydrogen) atoms. The van der Waals surface area contributed by atoms with E-state index < -0.39 is 21.7 Å². The maximum atomic E-state index is 13.0. The third-order valence-electron chi connectivity index (χ3n) is 4.85. The number of hydrogen-bond acceptors (Lipinski definition) is 5. The van der Waals surface area contributed by atoms with Gasteiger partial charge in [-0.3, -0.25) is 4.79 Å². The van der Waals surface area contributed by atoms with Gasteiger partial charge in [0.15, 0.2) is 0 Å². The number of alkyl carbamates (subject to hydrolysis) is 1. The van der Waals surface area contributed by atoms with Crippen LogP contribution in [0, 0.1) is 0 Å². The van der Waals surface area contributed by atoms with E-state index in [2.05, 4.69) is 5.32 Å². The first kappa shape index (κ1) is 18.7. The van der Waals surface area contributed by atoms with Gasteiger partial charge in [-0.1, -0.05) is 6.07 Å². The highest BCUT2D eigenvalue weighted by atomic mass is 32.2. The van der Waals surface area contributed by atoms with Crippen molar-refractivity contribution in [3.8, 4) is 0 Å². The minimum Gasteiger partial charge on any atom is -0.441 e. The Bertz CT molecular complexity index is 823. The molecule has 1 N–H and O–H groups in total. The van der Waals surface area contributed by atoms with Crippen LogP contribution in [0.4, 0.5) is 4.79 Å². The van der Waals surface area contributed by atoms with Crippen LogP contribution in [0.3, 0.4) is 0 Å². The van der Waals surface area contributed by atoms with E-state index in [1.807, 2.05) is 0 Å². The summed E-state index contributed by atoms with van der Waals surface area (Å²) in [5.74, 6) is -0.249. The molecule has 3 rings (SSSR count). The van der Waals surface area contributed by atoms with E-state index in [0.717, 1.165) is 0 Å². The summed E-state index contributed by atoms with van der Waals surface area (Å²) >= 11 is 0. The molecule has 8 nitrogen and oxygen atoms in total. The number of hydrogen-bond donors (Lipinski definition) is 1. The number of ether oxygens (including phenoxy) is 1. The molecule has 9 heteroatoms. The van der Waals surface area contributed by atoms with Gasteiger partial charge >= 0.3 is 6.09 Å². The van der Waals surface area contributed by atoms with Crippen molar-refractivity contribution in [1.82, 2.24) is 14.5 Å². The van der Waals surface area contributed by atoms with Crippen molar-refractivity contribution >= 4 is 22.0 Å². The molecule has 2 aliphatic heterocycles. The fraction of sp³-hybridized carbons (Fsp3) is 0.529. The number of carbonyl (C=O) groups is 2. The molecule has 1 aromatic rings. The summed E-state index contributed by atoms with van der Waals surface area (Å²) in [6.45, 7) is 1.03. The Kier molecular flexibility index (Phi) is 4.94. The quantitative estimate of drug-likeness (QED) is 0.844. The first-order valence-corrected chi connectivity index (χ1v) is 9.96. The molecule has 0 unspecified atom stereocenters. The molecule has 0 aliphatic carbocycles. The third kappa shape index (κ3) is 3.54. The largest absolute Gasteiger partial charge is 0.441 e. The summed E-state index contributed by atoms with van der Waals surface area (Å²) in [6, 6.07) is 6.09. The van der Waals surface area contributed by atoms with E-state index in [0.29, 0.717) is 37.9 Å². The summed E-state index contributed by atoms with van der Waals surface area (Å²) in [4.78, 5) is 25.0. The zero-order valence-electron chi connectivity index (χ0n) is 14.9. The number of rotatable bonds is 3. The topological polar surface area (TPSA) is 96.0 Å². The lowest BCUT2D eigenvalue weighted by Gasteiger charge is -2.24. The summed E-state index contributed by atoms with van der Waals surface area (Å²) in [6.07, 6.45) is 1.22. The van der Waals surface area contributed by atoms with Crippen molar-refractivity contribution in [3.63, 3.8) is 0 Å². The molecule has 2 amide bonds. The Hall–Kier alpha value is -2.13. The Morgan fingerprint density at radius 1 is 1.27 bits per heavy atom. The number of amides is 2. The van der Waals surface area contributed by atoms with Gasteiger partial charge in [0, 0.05) is 39.2 Å². The average Bonchev–Trinajstić information content (AvgIpc) is 2.84. The van der Waals surface area contributed by atoms with E-state index in [-0.39, 0.29) is 17.3 Å². The fourth-order valence-corrected chi connectivity index (χ4v) is 4.89. The molecule has 0 saturated carbocycles. The molecular weight excluding hydrogens is 358 g/mol. The van der Waals surface area contributed by atoms with Crippen LogP contribution in [0.25, 0.3) is 0 Å². The van der Waals surface area contributed by atoms with Crippen LogP contribution < -0.4 is 5.32 Å². The lowest BCUT2D eigenvalue weighted by Crippen LogP contribution is -2.36. The number of sulfonamides is 1. The van der Waals surface area contributed by atoms with Crippen LogP contribution in [0.5, 0.6) is 0 Å². The molecule has 0 bridgehead atoms. The predicted molar refractivity (Wildman–Crippen MR) is 94.3 cm³/mol. The first-order chi connectivity index (χ1) is 12.2. The van der Waals surface area contributed by atoms with E-state index >= 15 is 0 Å². The number of benzene rings is 1. The smallest absolute Gasteiger partial charge is 0.407 e. The van der Waals surface area contributed by atoms with E-state index in [9.17, 15) is 18.0 Å². The molecule has 1 spiro atoms.